The van der Waals surface area contributed by atoms with E-state index in [1.54, 1.807) is 12.1 Å². The van der Waals surface area contributed by atoms with Gasteiger partial charge in [-0.1, -0.05) is 11.6 Å². The zero-order chi connectivity index (χ0) is 20.9. The van der Waals surface area contributed by atoms with Crippen molar-refractivity contribution in [3.8, 4) is 0 Å². The third kappa shape index (κ3) is 6.35. The topological polar surface area (TPSA) is 72.5 Å². The molecule has 10 heteroatoms. The Kier molecular flexibility index (Phi) is 7.20. The van der Waals surface area contributed by atoms with Crippen LogP contribution in [-0.4, -0.2) is 24.3 Å². The number of rotatable bonds is 7. The highest BCUT2D eigenvalue weighted by molar-refractivity contribution is 7.14. The number of hydrogen-bond acceptors (Lipinski definition) is 5. The lowest BCUT2D eigenvalue weighted by molar-refractivity contribution is -0.147. The number of halogens is 4. The van der Waals surface area contributed by atoms with E-state index in [1.807, 2.05) is 12.2 Å². The van der Waals surface area contributed by atoms with Crippen LogP contribution < -0.4 is 5.32 Å². The molecule has 0 fully saturated rings. The Bertz CT molecular complexity index is 895. The summed E-state index contributed by atoms with van der Waals surface area (Å²) in [5, 5.41) is 1.90. The first-order valence-electron chi connectivity index (χ1n) is 7.98. The van der Waals surface area contributed by atoms with Gasteiger partial charge in [0.2, 0.25) is 0 Å². The van der Waals surface area contributed by atoms with Crippen LogP contribution in [0.4, 0.5) is 18.9 Å². The molecule has 1 N–H and O–H groups in total. The predicted molar refractivity (Wildman–Crippen MR) is 98.7 cm³/mol. The first kappa shape index (κ1) is 21.9. The fraction of sp³-hybridized carbons (Fsp3) is 0.278. The third-order valence-corrected chi connectivity index (χ3v) is 4.77. The summed E-state index contributed by atoms with van der Waals surface area (Å²) in [7, 11) is 0. The van der Waals surface area contributed by atoms with E-state index < -0.39 is 35.9 Å². The molecule has 5 nitrogen and oxygen atoms in total. The SMILES string of the molecule is Cc1ccc(C(=O)CCC(=O)OCC(=O)Nc2ccc(Cl)cc2C(F)(F)F)s1. The third-order valence-electron chi connectivity index (χ3n) is 3.50. The molecule has 28 heavy (non-hydrogen) atoms. The highest BCUT2D eigenvalue weighted by Crippen LogP contribution is 2.36. The minimum Gasteiger partial charge on any atom is -0.456 e. The molecule has 1 heterocycles. The van der Waals surface area contributed by atoms with Gasteiger partial charge in [-0.25, -0.2) is 0 Å². The molecule has 0 aliphatic rings. The fourth-order valence-electron chi connectivity index (χ4n) is 2.19. The minimum absolute atomic E-state index is 0.0875. The van der Waals surface area contributed by atoms with Crippen molar-refractivity contribution >= 4 is 46.3 Å². The molecule has 1 aromatic heterocycles. The van der Waals surface area contributed by atoms with Crippen molar-refractivity contribution in [1.82, 2.24) is 0 Å². The van der Waals surface area contributed by atoms with Crippen LogP contribution in [0.15, 0.2) is 30.3 Å². The summed E-state index contributed by atoms with van der Waals surface area (Å²) in [6, 6.07) is 6.32. The lowest BCUT2D eigenvalue weighted by Crippen LogP contribution is -2.23. The van der Waals surface area contributed by atoms with Gasteiger partial charge in [0.25, 0.3) is 5.91 Å². The summed E-state index contributed by atoms with van der Waals surface area (Å²) in [6.45, 7) is 1.07. The summed E-state index contributed by atoms with van der Waals surface area (Å²) in [4.78, 5) is 36.8. The summed E-state index contributed by atoms with van der Waals surface area (Å²) in [5.74, 6) is -1.97. The lowest BCUT2D eigenvalue weighted by Gasteiger charge is -2.14. The summed E-state index contributed by atoms with van der Waals surface area (Å²) in [6.07, 6.45) is -5.04. The molecule has 0 aliphatic heterocycles. The number of amides is 1. The Hall–Kier alpha value is -2.39. The molecule has 0 saturated heterocycles. The first-order chi connectivity index (χ1) is 13.1. The second kappa shape index (κ2) is 9.20. The Morgan fingerprint density at radius 3 is 2.46 bits per heavy atom. The Morgan fingerprint density at radius 1 is 1.14 bits per heavy atom. The minimum atomic E-state index is -4.72. The van der Waals surface area contributed by atoms with Gasteiger partial charge in [0, 0.05) is 16.3 Å². The zero-order valence-electron chi connectivity index (χ0n) is 14.6. The Morgan fingerprint density at radius 2 is 1.86 bits per heavy atom. The van der Waals surface area contributed by atoms with Gasteiger partial charge < -0.3 is 10.1 Å². The van der Waals surface area contributed by atoms with Crippen molar-refractivity contribution in [2.24, 2.45) is 0 Å². The van der Waals surface area contributed by atoms with Gasteiger partial charge in [-0.05, 0) is 37.3 Å². The van der Waals surface area contributed by atoms with Crippen molar-refractivity contribution in [1.29, 1.82) is 0 Å². The van der Waals surface area contributed by atoms with Crippen LogP contribution in [0.3, 0.4) is 0 Å². The number of anilines is 1. The molecule has 0 aliphatic carbocycles. The van der Waals surface area contributed by atoms with Gasteiger partial charge in [0.05, 0.1) is 22.5 Å². The average molecular weight is 434 g/mol. The summed E-state index contributed by atoms with van der Waals surface area (Å²) >= 11 is 6.86. The van der Waals surface area contributed by atoms with Crippen LogP contribution in [-0.2, 0) is 20.5 Å². The van der Waals surface area contributed by atoms with E-state index in [0.29, 0.717) is 10.9 Å². The number of benzene rings is 1. The molecule has 0 atom stereocenters. The predicted octanol–water partition coefficient (Wildman–Crippen LogP) is 4.87. The van der Waals surface area contributed by atoms with E-state index in [9.17, 15) is 27.6 Å². The second-order valence-electron chi connectivity index (χ2n) is 5.73. The molecule has 0 radical (unpaired) electrons. The molecule has 150 valence electrons. The van der Waals surface area contributed by atoms with Gasteiger partial charge in [0.1, 0.15) is 0 Å². The molecule has 2 rings (SSSR count). The zero-order valence-corrected chi connectivity index (χ0v) is 16.1. The van der Waals surface area contributed by atoms with Crippen molar-refractivity contribution in [3.05, 3.63) is 50.7 Å². The molecule has 1 amide bonds. The number of carbonyl (C=O) groups excluding carboxylic acids is 3. The van der Waals surface area contributed by atoms with E-state index in [2.05, 4.69) is 0 Å². The number of carbonyl (C=O) groups is 3. The number of ether oxygens (including phenoxy) is 1. The number of esters is 1. The van der Waals surface area contributed by atoms with E-state index >= 15 is 0 Å². The van der Waals surface area contributed by atoms with E-state index in [1.165, 1.54) is 17.4 Å². The molecular weight excluding hydrogens is 419 g/mol. The van der Waals surface area contributed by atoms with Crippen LogP contribution in [0.5, 0.6) is 0 Å². The maximum absolute atomic E-state index is 13.0. The van der Waals surface area contributed by atoms with Crippen molar-refractivity contribution in [2.75, 3.05) is 11.9 Å². The summed E-state index contributed by atoms with van der Waals surface area (Å²) < 4.78 is 43.7. The van der Waals surface area contributed by atoms with E-state index in [-0.39, 0.29) is 23.6 Å². The van der Waals surface area contributed by atoms with E-state index in [4.69, 9.17) is 16.3 Å². The molecule has 0 bridgehead atoms. The van der Waals surface area contributed by atoms with Gasteiger partial charge in [-0.3, -0.25) is 14.4 Å². The second-order valence-corrected chi connectivity index (χ2v) is 7.45. The van der Waals surface area contributed by atoms with Crippen LogP contribution in [0.1, 0.15) is 33.0 Å². The number of Topliss-reactive ketones (excluding diaryl/α,β-unsaturated/α-hetero) is 1. The highest BCUT2D eigenvalue weighted by Gasteiger charge is 2.34. The maximum atomic E-state index is 13.0. The van der Waals surface area contributed by atoms with Gasteiger partial charge >= 0.3 is 12.1 Å². The number of ketones is 1. The highest BCUT2D eigenvalue weighted by atomic mass is 35.5. The van der Waals surface area contributed by atoms with Crippen LogP contribution in [0.2, 0.25) is 5.02 Å². The molecule has 2 aromatic rings. The molecule has 0 saturated carbocycles. The standard InChI is InChI=1S/C18H15ClF3NO4S/c1-10-2-6-15(28-10)14(24)5-7-17(26)27-9-16(25)23-13-4-3-11(19)8-12(13)18(20,21)22/h2-4,6,8H,5,7,9H2,1H3,(H,23,25). The number of aryl methyl sites for hydroxylation is 1. The van der Waals surface area contributed by atoms with Crippen LogP contribution >= 0.6 is 22.9 Å². The largest absolute Gasteiger partial charge is 0.456 e. The van der Waals surface area contributed by atoms with Crippen molar-refractivity contribution in [2.45, 2.75) is 25.9 Å². The molecular formula is C18H15ClF3NO4S. The Labute approximate surface area is 167 Å². The van der Waals surface area contributed by atoms with Crippen molar-refractivity contribution in [3.63, 3.8) is 0 Å². The number of hydrogen-bond donors (Lipinski definition) is 1. The monoisotopic (exact) mass is 433 g/mol. The maximum Gasteiger partial charge on any atom is 0.418 e. The van der Waals surface area contributed by atoms with Gasteiger partial charge in [-0.15, -0.1) is 11.3 Å². The van der Waals surface area contributed by atoms with Gasteiger partial charge in [-0.2, -0.15) is 13.2 Å². The van der Waals surface area contributed by atoms with Crippen LogP contribution in [0, 0.1) is 6.92 Å². The van der Waals surface area contributed by atoms with E-state index in [0.717, 1.165) is 10.9 Å². The molecule has 1 aromatic carbocycles. The average Bonchev–Trinajstić information content (AvgIpc) is 3.05. The molecule has 0 spiro atoms. The fourth-order valence-corrected chi connectivity index (χ4v) is 3.19. The number of nitrogens with one attached hydrogen (secondary N) is 1. The number of thiophene rings is 1. The quantitative estimate of drug-likeness (QED) is 0.499. The van der Waals surface area contributed by atoms with Gasteiger partial charge in [0.15, 0.2) is 12.4 Å². The Balaban J connectivity index is 1.84. The van der Waals surface area contributed by atoms with Crippen LogP contribution in [0.25, 0.3) is 0 Å². The lowest BCUT2D eigenvalue weighted by atomic mass is 10.1. The normalized spacial score (nSPS) is 11.2. The molecule has 0 unspecified atom stereocenters. The van der Waals surface area contributed by atoms with Crippen molar-refractivity contribution < 1.29 is 32.3 Å². The smallest absolute Gasteiger partial charge is 0.418 e. The number of alkyl halides is 3. The summed E-state index contributed by atoms with van der Waals surface area (Å²) in [5.41, 5.74) is -1.61. The first-order valence-corrected chi connectivity index (χ1v) is 9.17.